The van der Waals surface area contributed by atoms with Crippen LogP contribution in [-0.2, 0) is 20.7 Å². The van der Waals surface area contributed by atoms with Crippen LogP contribution in [0.3, 0.4) is 0 Å². The lowest BCUT2D eigenvalue weighted by Gasteiger charge is -2.38. The van der Waals surface area contributed by atoms with Crippen molar-refractivity contribution in [2.24, 2.45) is 11.8 Å². The number of aromatic nitrogens is 2. The van der Waals surface area contributed by atoms with Crippen molar-refractivity contribution in [3.05, 3.63) is 11.7 Å². The zero-order chi connectivity index (χ0) is 16.9. The number of likely N-dealkylation sites (tertiary alicyclic amines) is 1. The van der Waals surface area contributed by atoms with Gasteiger partial charge in [-0.15, -0.1) is 0 Å². The lowest BCUT2D eigenvalue weighted by molar-refractivity contribution is -0.139. The fourth-order valence-corrected chi connectivity index (χ4v) is 3.04. The molecule has 3 rings (SSSR count). The Morgan fingerprint density at radius 1 is 1.33 bits per heavy atom. The number of hydrogen-bond acceptors (Lipinski definition) is 6. The van der Waals surface area contributed by atoms with Gasteiger partial charge in [-0.25, -0.2) is 0 Å². The molecule has 1 aromatic heterocycles. The topological polar surface area (TPSA) is 77.7 Å². The quantitative estimate of drug-likeness (QED) is 0.704. The second-order valence-corrected chi connectivity index (χ2v) is 7.02. The number of hydrogen-bond donors (Lipinski definition) is 0. The van der Waals surface area contributed by atoms with E-state index in [0.29, 0.717) is 43.8 Å². The summed E-state index contributed by atoms with van der Waals surface area (Å²) in [6.07, 6.45) is 2.83. The molecule has 0 aliphatic carbocycles. The number of amides is 1. The van der Waals surface area contributed by atoms with Crippen LogP contribution in [0.4, 0.5) is 0 Å². The fourth-order valence-electron chi connectivity index (χ4n) is 3.04. The van der Waals surface area contributed by atoms with Crippen molar-refractivity contribution in [1.29, 1.82) is 0 Å². The van der Waals surface area contributed by atoms with Crippen molar-refractivity contribution in [2.75, 3.05) is 39.5 Å². The van der Waals surface area contributed by atoms with Gasteiger partial charge in [-0.05, 0) is 18.8 Å². The van der Waals surface area contributed by atoms with Gasteiger partial charge < -0.3 is 18.9 Å². The Balaban J connectivity index is 1.35. The average Bonchev–Trinajstić information content (AvgIpc) is 2.99. The summed E-state index contributed by atoms with van der Waals surface area (Å²) in [6, 6.07) is 0. The van der Waals surface area contributed by atoms with E-state index in [0.717, 1.165) is 32.7 Å². The molecule has 0 spiro atoms. The van der Waals surface area contributed by atoms with Crippen LogP contribution in [0.1, 0.15) is 44.3 Å². The van der Waals surface area contributed by atoms with Crippen LogP contribution < -0.4 is 0 Å². The molecule has 2 fully saturated rings. The van der Waals surface area contributed by atoms with Crippen LogP contribution in [-0.4, -0.2) is 60.5 Å². The maximum absolute atomic E-state index is 11.8. The Morgan fingerprint density at radius 3 is 2.79 bits per heavy atom. The maximum atomic E-state index is 11.8. The molecule has 0 unspecified atom stereocenters. The molecule has 1 aromatic rings. The lowest BCUT2D eigenvalue weighted by Crippen LogP contribution is -2.50. The van der Waals surface area contributed by atoms with E-state index in [-0.39, 0.29) is 17.7 Å². The van der Waals surface area contributed by atoms with Crippen LogP contribution in [0.15, 0.2) is 4.52 Å². The molecule has 24 heavy (non-hydrogen) atoms. The van der Waals surface area contributed by atoms with Gasteiger partial charge in [-0.3, -0.25) is 4.79 Å². The third kappa shape index (κ3) is 4.33. The number of nitrogens with zero attached hydrogens (tertiary/aromatic N) is 3. The average molecular weight is 337 g/mol. The van der Waals surface area contributed by atoms with Crippen LogP contribution in [0.5, 0.6) is 0 Å². The van der Waals surface area contributed by atoms with Gasteiger partial charge in [0.2, 0.25) is 11.8 Å². The summed E-state index contributed by atoms with van der Waals surface area (Å²) in [6.45, 7) is 8.28. The third-order valence-corrected chi connectivity index (χ3v) is 4.68. The summed E-state index contributed by atoms with van der Waals surface area (Å²) in [4.78, 5) is 18.1. The Kier molecular flexibility index (Phi) is 5.84. The maximum Gasteiger partial charge on any atom is 0.233 e. The minimum absolute atomic E-state index is 0.0390. The van der Waals surface area contributed by atoms with Gasteiger partial charge in [0.1, 0.15) is 0 Å². The minimum Gasteiger partial charge on any atom is -0.381 e. The van der Waals surface area contributed by atoms with Gasteiger partial charge in [0.25, 0.3) is 0 Å². The molecule has 1 amide bonds. The summed E-state index contributed by atoms with van der Waals surface area (Å²) in [5.41, 5.74) is 0. The molecular formula is C17H27N3O4. The molecule has 7 nitrogen and oxygen atoms in total. The molecule has 0 aromatic carbocycles. The Hall–Kier alpha value is -1.47. The van der Waals surface area contributed by atoms with E-state index < -0.39 is 0 Å². The Bertz CT molecular complexity index is 534. The van der Waals surface area contributed by atoms with Crippen LogP contribution in [0.25, 0.3) is 0 Å². The summed E-state index contributed by atoms with van der Waals surface area (Å²) in [5, 5.41) is 4.02. The highest BCUT2D eigenvalue weighted by molar-refractivity contribution is 5.79. The number of ether oxygens (including phenoxy) is 2. The van der Waals surface area contributed by atoms with Crippen molar-refractivity contribution >= 4 is 5.91 Å². The first-order chi connectivity index (χ1) is 11.6. The molecule has 2 aliphatic heterocycles. The standard InChI is InChI=1S/C17H27N3O4/c1-12(2)17(21)20-9-14(10-20)16-18-15(19-24-16)5-8-23-11-13-3-6-22-7-4-13/h12-14H,3-11H2,1-2H3. The van der Waals surface area contributed by atoms with Gasteiger partial charge >= 0.3 is 0 Å². The molecular weight excluding hydrogens is 310 g/mol. The van der Waals surface area contributed by atoms with Gasteiger partial charge in [-0.1, -0.05) is 19.0 Å². The van der Waals surface area contributed by atoms with Crippen LogP contribution >= 0.6 is 0 Å². The summed E-state index contributed by atoms with van der Waals surface area (Å²) in [5.74, 6) is 2.34. The fraction of sp³-hybridized carbons (Fsp3) is 0.824. The molecule has 134 valence electrons. The van der Waals surface area contributed by atoms with E-state index >= 15 is 0 Å². The highest BCUT2D eigenvalue weighted by Gasteiger charge is 2.36. The highest BCUT2D eigenvalue weighted by atomic mass is 16.5. The van der Waals surface area contributed by atoms with Crippen molar-refractivity contribution in [1.82, 2.24) is 15.0 Å². The molecule has 0 bridgehead atoms. The van der Waals surface area contributed by atoms with E-state index in [9.17, 15) is 4.79 Å². The lowest BCUT2D eigenvalue weighted by atomic mass is 9.98. The molecule has 0 atom stereocenters. The summed E-state index contributed by atoms with van der Waals surface area (Å²) in [7, 11) is 0. The molecule has 3 heterocycles. The Labute approximate surface area is 142 Å². The van der Waals surface area contributed by atoms with E-state index in [1.807, 2.05) is 18.7 Å². The molecule has 0 saturated carbocycles. The van der Waals surface area contributed by atoms with Gasteiger partial charge in [-0.2, -0.15) is 4.98 Å². The van der Waals surface area contributed by atoms with E-state index in [2.05, 4.69) is 10.1 Å². The van der Waals surface area contributed by atoms with Crippen molar-refractivity contribution < 1.29 is 18.8 Å². The first kappa shape index (κ1) is 17.4. The van der Waals surface area contributed by atoms with Gasteiger partial charge in [0.05, 0.1) is 12.5 Å². The first-order valence-electron chi connectivity index (χ1n) is 8.90. The second kappa shape index (κ2) is 8.07. The highest BCUT2D eigenvalue weighted by Crippen LogP contribution is 2.27. The normalized spacial score (nSPS) is 19.7. The zero-order valence-electron chi connectivity index (χ0n) is 14.6. The SMILES string of the molecule is CC(C)C(=O)N1CC(c2nc(CCOCC3CCOCC3)no2)C1. The first-order valence-corrected chi connectivity index (χ1v) is 8.90. The van der Waals surface area contributed by atoms with Crippen molar-refractivity contribution in [2.45, 2.75) is 39.0 Å². The van der Waals surface area contributed by atoms with Gasteiger partial charge in [0, 0.05) is 45.2 Å². The van der Waals surface area contributed by atoms with E-state index in [1.165, 1.54) is 0 Å². The number of carbonyl (C=O) groups excluding carboxylic acids is 1. The monoisotopic (exact) mass is 337 g/mol. The van der Waals surface area contributed by atoms with E-state index in [4.69, 9.17) is 14.0 Å². The van der Waals surface area contributed by atoms with E-state index in [1.54, 1.807) is 0 Å². The predicted octanol–water partition coefficient (Wildman–Crippen LogP) is 1.64. The second-order valence-electron chi connectivity index (χ2n) is 7.02. The number of rotatable bonds is 7. The third-order valence-electron chi connectivity index (χ3n) is 4.68. The number of carbonyl (C=O) groups is 1. The molecule has 0 radical (unpaired) electrons. The molecule has 7 heteroatoms. The van der Waals surface area contributed by atoms with Crippen molar-refractivity contribution in [3.8, 4) is 0 Å². The van der Waals surface area contributed by atoms with Gasteiger partial charge in [0.15, 0.2) is 5.82 Å². The molecule has 2 saturated heterocycles. The smallest absolute Gasteiger partial charge is 0.233 e. The predicted molar refractivity (Wildman–Crippen MR) is 86.5 cm³/mol. The Morgan fingerprint density at radius 2 is 2.08 bits per heavy atom. The summed E-state index contributed by atoms with van der Waals surface area (Å²) < 4.78 is 16.4. The van der Waals surface area contributed by atoms with Crippen molar-refractivity contribution in [3.63, 3.8) is 0 Å². The molecule has 0 N–H and O–H groups in total. The van der Waals surface area contributed by atoms with Crippen LogP contribution in [0.2, 0.25) is 0 Å². The summed E-state index contributed by atoms with van der Waals surface area (Å²) >= 11 is 0. The largest absolute Gasteiger partial charge is 0.381 e. The zero-order valence-corrected chi connectivity index (χ0v) is 14.6. The molecule has 2 aliphatic rings. The van der Waals surface area contributed by atoms with Crippen LogP contribution in [0, 0.1) is 11.8 Å². The minimum atomic E-state index is 0.0390.